The van der Waals surface area contributed by atoms with E-state index in [2.05, 4.69) is 29.5 Å². The Morgan fingerprint density at radius 1 is 1.28 bits per heavy atom. The van der Waals surface area contributed by atoms with E-state index in [1.54, 1.807) is 0 Å². The van der Waals surface area contributed by atoms with Crippen molar-refractivity contribution in [1.82, 2.24) is 9.55 Å². The first-order chi connectivity index (χ1) is 8.63. The maximum atomic E-state index is 10.1. The number of aliphatic hydroxyl groups excluding tert-OH is 1. The van der Waals surface area contributed by atoms with Crippen LogP contribution in [0.4, 0.5) is 0 Å². The number of aryl methyl sites for hydroxylation is 1. The quantitative estimate of drug-likeness (QED) is 0.876. The topological polar surface area (TPSA) is 38.1 Å². The molecule has 2 rings (SSSR count). The number of imidazole rings is 1. The molecule has 2 aromatic rings. The van der Waals surface area contributed by atoms with E-state index in [1.807, 2.05) is 25.1 Å². The lowest BCUT2D eigenvalue weighted by atomic mass is 10.1. The number of aliphatic hydroxyl groups is 1. The molecule has 1 heterocycles. The van der Waals surface area contributed by atoms with Crippen LogP contribution in [0.5, 0.6) is 0 Å². The first-order valence-electron chi connectivity index (χ1n) is 6.76. The van der Waals surface area contributed by atoms with Gasteiger partial charge in [-0.1, -0.05) is 32.9 Å². The van der Waals surface area contributed by atoms with Gasteiger partial charge >= 0.3 is 0 Å². The Morgan fingerprint density at radius 2 is 2.00 bits per heavy atom. The highest BCUT2D eigenvalue weighted by atomic mass is 16.3. The van der Waals surface area contributed by atoms with Gasteiger partial charge < -0.3 is 9.67 Å². The fraction of sp³-hybridized carbons (Fsp3) is 0.533. The molecule has 0 spiro atoms. The number of rotatable bonds is 5. The monoisotopic (exact) mass is 246 g/mol. The minimum Gasteiger partial charge on any atom is -0.385 e. The number of benzene rings is 1. The summed E-state index contributed by atoms with van der Waals surface area (Å²) in [4.78, 5) is 4.57. The van der Waals surface area contributed by atoms with Crippen LogP contribution in [0.15, 0.2) is 24.3 Å². The number of fused-ring (bicyclic) bond motifs is 1. The molecule has 3 nitrogen and oxygen atoms in total. The lowest BCUT2D eigenvalue weighted by Gasteiger charge is -2.13. The zero-order valence-corrected chi connectivity index (χ0v) is 11.4. The van der Waals surface area contributed by atoms with Gasteiger partial charge in [0.15, 0.2) is 0 Å². The molecule has 0 bridgehead atoms. The van der Waals surface area contributed by atoms with E-state index in [0.29, 0.717) is 12.3 Å². The van der Waals surface area contributed by atoms with Gasteiger partial charge in [-0.3, -0.25) is 0 Å². The van der Waals surface area contributed by atoms with Gasteiger partial charge in [-0.15, -0.1) is 0 Å². The van der Waals surface area contributed by atoms with Crippen LogP contribution in [0.3, 0.4) is 0 Å². The van der Waals surface area contributed by atoms with E-state index in [4.69, 9.17) is 0 Å². The smallest absolute Gasteiger partial charge is 0.138 e. The fourth-order valence-electron chi connectivity index (χ4n) is 2.15. The summed E-state index contributed by atoms with van der Waals surface area (Å²) in [6.45, 7) is 7.34. The predicted octanol–water partition coefficient (Wildman–Crippen LogP) is 3.53. The molecule has 0 fully saturated rings. The molecule has 0 aliphatic rings. The molecule has 1 aromatic carbocycles. The maximum Gasteiger partial charge on any atom is 0.138 e. The van der Waals surface area contributed by atoms with Crippen molar-refractivity contribution in [3.05, 3.63) is 30.1 Å². The van der Waals surface area contributed by atoms with Gasteiger partial charge in [0.1, 0.15) is 11.9 Å². The summed E-state index contributed by atoms with van der Waals surface area (Å²) in [6, 6.07) is 8.10. The third-order valence-electron chi connectivity index (χ3n) is 3.30. The zero-order chi connectivity index (χ0) is 13.1. The van der Waals surface area contributed by atoms with Gasteiger partial charge in [0.05, 0.1) is 11.0 Å². The van der Waals surface area contributed by atoms with Gasteiger partial charge in [0.2, 0.25) is 0 Å². The SMILES string of the molecule is CC[C@H](O)c1nc2ccccc2n1CCC(C)C. The van der Waals surface area contributed by atoms with Crippen LogP contribution in [0.1, 0.15) is 45.5 Å². The Bertz CT molecular complexity index is 516. The van der Waals surface area contributed by atoms with Crippen LogP contribution in [0.2, 0.25) is 0 Å². The molecule has 0 saturated heterocycles. The highest BCUT2D eigenvalue weighted by Crippen LogP contribution is 2.23. The van der Waals surface area contributed by atoms with Crippen LogP contribution < -0.4 is 0 Å². The first kappa shape index (κ1) is 13.1. The second-order valence-electron chi connectivity index (χ2n) is 5.22. The predicted molar refractivity (Wildman–Crippen MR) is 74.4 cm³/mol. The Morgan fingerprint density at radius 3 is 2.67 bits per heavy atom. The van der Waals surface area contributed by atoms with Crippen molar-refractivity contribution in [2.45, 2.75) is 46.3 Å². The highest BCUT2D eigenvalue weighted by Gasteiger charge is 2.16. The van der Waals surface area contributed by atoms with E-state index in [0.717, 1.165) is 29.8 Å². The van der Waals surface area contributed by atoms with Crippen LogP contribution >= 0.6 is 0 Å². The Kier molecular flexibility index (Phi) is 4.02. The van der Waals surface area contributed by atoms with Crippen LogP contribution in [-0.2, 0) is 6.54 Å². The Labute approximate surface area is 108 Å². The average Bonchev–Trinajstić information content (AvgIpc) is 2.74. The minimum absolute atomic E-state index is 0.468. The molecular weight excluding hydrogens is 224 g/mol. The van der Waals surface area contributed by atoms with E-state index < -0.39 is 6.10 Å². The lowest BCUT2D eigenvalue weighted by Crippen LogP contribution is -2.10. The molecule has 1 N–H and O–H groups in total. The van der Waals surface area contributed by atoms with Gasteiger partial charge in [0, 0.05) is 6.54 Å². The summed E-state index contributed by atoms with van der Waals surface area (Å²) in [5, 5.41) is 10.1. The third kappa shape index (κ3) is 2.56. The van der Waals surface area contributed by atoms with Gasteiger partial charge in [-0.05, 0) is 30.9 Å². The largest absolute Gasteiger partial charge is 0.385 e. The highest BCUT2D eigenvalue weighted by molar-refractivity contribution is 5.75. The number of hydrogen-bond acceptors (Lipinski definition) is 2. The van der Waals surface area contributed by atoms with Crippen molar-refractivity contribution >= 4 is 11.0 Å². The molecule has 1 atom stereocenters. The summed E-state index contributed by atoms with van der Waals surface area (Å²) >= 11 is 0. The van der Waals surface area contributed by atoms with Crippen molar-refractivity contribution in [3.63, 3.8) is 0 Å². The van der Waals surface area contributed by atoms with Crippen LogP contribution in [0, 0.1) is 5.92 Å². The van der Waals surface area contributed by atoms with Gasteiger partial charge in [-0.2, -0.15) is 0 Å². The van der Waals surface area contributed by atoms with Gasteiger partial charge in [0.25, 0.3) is 0 Å². The van der Waals surface area contributed by atoms with E-state index in [9.17, 15) is 5.11 Å². The molecular formula is C15H22N2O. The molecule has 3 heteroatoms. The van der Waals surface area contributed by atoms with E-state index in [1.165, 1.54) is 0 Å². The zero-order valence-electron chi connectivity index (χ0n) is 11.4. The minimum atomic E-state index is -0.468. The van der Waals surface area contributed by atoms with Crippen molar-refractivity contribution in [1.29, 1.82) is 0 Å². The molecule has 0 amide bonds. The molecule has 18 heavy (non-hydrogen) atoms. The Balaban J connectivity index is 2.44. The summed E-state index contributed by atoms with van der Waals surface area (Å²) < 4.78 is 2.17. The average molecular weight is 246 g/mol. The third-order valence-corrected chi connectivity index (χ3v) is 3.30. The summed E-state index contributed by atoms with van der Waals surface area (Å²) in [7, 11) is 0. The summed E-state index contributed by atoms with van der Waals surface area (Å²) in [5.74, 6) is 1.46. The number of hydrogen-bond donors (Lipinski definition) is 1. The number of aromatic nitrogens is 2. The van der Waals surface area contributed by atoms with Crippen LogP contribution in [0.25, 0.3) is 11.0 Å². The summed E-state index contributed by atoms with van der Waals surface area (Å²) in [6.07, 6.45) is 1.33. The Hall–Kier alpha value is -1.35. The molecule has 98 valence electrons. The number of para-hydroxylation sites is 2. The molecule has 0 radical (unpaired) electrons. The van der Waals surface area contributed by atoms with Crippen molar-refractivity contribution in [3.8, 4) is 0 Å². The molecule has 0 unspecified atom stereocenters. The fourth-order valence-corrected chi connectivity index (χ4v) is 2.15. The van der Waals surface area contributed by atoms with E-state index >= 15 is 0 Å². The normalized spacial score (nSPS) is 13.4. The second-order valence-corrected chi connectivity index (χ2v) is 5.22. The molecule has 1 aromatic heterocycles. The molecule has 0 aliphatic carbocycles. The first-order valence-corrected chi connectivity index (χ1v) is 6.76. The second kappa shape index (κ2) is 5.53. The van der Waals surface area contributed by atoms with E-state index in [-0.39, 0.29) is 0 Å². The lowest BCUT2D eigenvalue weighted by molar-refractivity contribution is 0.159. The standard InChI is InChI=1S/C15H22N2O/c1-4-14(18)15-16-12-7-5-6-8-13(12)17(15)10-9-11(2)3/h5-8,11,14,18H,4,9-10H2,1-3H3/t14-/m0/s1. The van der Waals surface area contributed by atoms with Crippen molar-refractivity contribution in [2.75, 3.05) is 0 Å². The molecule has 0 saturated carbocycles. The maximum absolute atomic E-state index is 10.1. The molecule has 0 aliphatic heterocycles. The number of nitrogens with zero attached hydrogens (tertiary/aromatic N) is 2. The van der Waals surface area contributed by atoms with Crippen molar-refractivity contribution < 1.29 is 5.11 Å². The van der Waals surface area contributed by atoms with Crippen LogP contribution in [-0.4, -0.2) is 14.7 Å². The van der Waals surface area contributed by atoms with Gasteiger partial charge in [-0.25, -0.2) is 4.98 Å². The summed E-state index contributed by atoms with van der Waals surface area (Å²) in [5.41, 5.74) is 2.10. The van der Waals surface area contributed by atoms with Crippen molar-refractivity contribution in [2.24, 2.45) is 5.92 Å².